The van der Waals surface area contributed by atoms with E-state index in [1.807, 2.05) is 42.5 Å². The molecule has 35 heavy (non-hydrogen) atoms. The minimum atomic E-state index is -1.70. The van der Waals surface area contributed by atoms with Crippen molar-refractivity contribution in [3.8, 4) is 11.1 Å². The lowest BCUT2D eigenvalue weighted by atomic mass is 9.98. The molecule has 0 heterocycles. The van der Waals surface area contributed by atoms with Crippen LogP contribution in [0.5, 0.6) is 0 Å². The van der Waals surface area contributed by atoms with Gasteiger partial charge in [0.15, 0.2) is 6.10 Å². The zero-order valence-electron chi connectivity index (χ0n) is 18.9. The Kier molecular flexibility index (Phi) is 7.42. The first-order chi connectivity index (χ1) is 16.9. The van der Waals surface area contributed by atoms with E-state index in [4.69, 9.17) is 9.84 Å². The van der Waals surface area contributed by atoms with Crippen molar-refractivity contribution in [2.45, 2.75) is 24.5 Å². The molecule has 1 aliphatic carbocycles. The normalized spacial score (nSPS) is 13.7. The average molecular weight is 475 g/mol. The van der Waals surface area contributed by atoms with Crippen molar-refractivity contribution in [3.63, 3.8) is 0 Å². The lowest BCUT2D eigenvalue weighted by molar-refractivity contribution is -0.146. The summed E-state index contributed by atoms with van der Waals surface area (Å²) in [4.78, 5) is 35.9. The highest BCUT2D eigenvalue weighted by atomic mass is 16.5. The van der Waals surface area contributed by atoms with E-state index in [9.17, 15) is 19.5 Å². The summed E-state index contributed by atoms with van der Waals surface area (Å²) in [7, 11) is 0. The molecule has 3 aromatic carbocycles. The molecule has 2 atom stereocenters. The number of aliphatic carboxylic acids is 1. The van der Waals surface area contributed by atoms with Crippen LogP contribution in [-0.4, -0.2) is 47.4 Å². The molecule has 1 unspecified atom stereocenters. The van der Waals surface area contributed by atoms with Crippen LogP contribution in [0.1, 0.15) is 35.1 Å². The Morgan fingerprint density at radius 2 is 1.43 bits per heavy atom. The minimum Gasteiger partial charge on any atom is -0.479 e. The van der Waals surface area contributed by atoms with Crippen LogP contribution >= 0.6 is 0 Å². The van der Waals surface area contributed by atoms with Gasteiger partial charge in [0, 0.05) is 5.92 Å². The molecule has 0 fully saturated rings. The minimum absolute atomic E-state index is 0.0934. The van der Waals surface area contributed by atoms with E-state index in [0.29, 0.717) is 5.56 Å². The summed E-state index contributed by atoms with van der Waals surface area (Å²) in [6.45, 7) is -0.293. The smallest absolute Gasteiger partial charge is 0.407 e. The molecule has 0 aromatic heterocycles. The summed E-state index contributed by atoms with van der Waals surface area (Å²) in [6.07, 6.45) is -2.52. The third-order valence-corrected chi connectivity index (χ3v) is 6.00. The summed E-state index contributed by atoms with van der Waals surface area (Å²) in [5.41, 5.74) is 5.13. The van der Waals surface area contributed by atoms with E-state index >= 15 is 0 Å². The first-order valence-electron chi connectivity index (χ1n) is 11.3. The van der Waals surface area contributed by atoms with Crippen LogP contribution < -0.4 is 10.6 Å². The fourth-order valence-corrected chi connectivity index (χ4v) is 4.28. The monoisotopic (exact) mass is 474 g/mol. The van der Waals surface area contributed by atoms with Crippen LogP contribution in [0.4, 0.5) is 4.79 Å². The van der Waals surface area contributed by atoms with Gasteiger partial charge in [0.1, 0.15) is 6.61 Å². The molecule has 0 radical (unpaired) electrons. The fraction of sp³-hybridized carbons (Fsp3) is 0.222. The number of ether oxygens (including phenoxy) is 1. The van der Waals surface area contributed by atoms with Gasteiger partial charge in [-0.05, 0) is 27.8 Å². The molecule has 4 N–H and O–H groups in total. The molecule has 4 rings (SSSR count). The zero-order valence-corrected chi connectivity index (χ0v) is 18.9. The van der Waals surface area contributed by atoms with Crippen molar-refractivity contribution in [3.05, 3.63) is 95.6 Å². The van der Waals surface area contributed by atoms with Gasteiger partial charge < -0.3 is 25.6 Å². The summed E-state index contributed by atoms with van der Waals surface area (Å²) >= 11 is 0. The number of carbonyl (C=O) groups is 3. The van der Waals surface area contributed by atoms with Crippen LogP contribution in [0.3, 0.4) is 0 Å². The third kappa shape index (κ3) is 5.67. The molecule has 1 aliphatic rings. The first-order valence-corrected chi connectivity index (χ1v) is 11.3. The highest BCUT2D eigenvalue weighted by Gasteiger charge is 2.29. The van der Waals surface area contributed by atoms with Crippen LogP contribution in [0.15, 0.2) is 78.9 Å². The Labute approximate surface area is 202 Å². The molecule has 0 saturated heterocycles. The van der Waals surface area contributed by atoms with Crippen LogP contribution in [-0.2, 0) is 14.3 Å². The van der Waals surface area contributed by atoms with Gasteiger partial charge in [-0.15, -0.1) is 0 Å². The van der Waals surface area contributed by atoms with Gasteiger partial charge >= 0.3 is 12.1 Å². The Bertz CT molecular complexity index is 1170. The number of aliphatic hydroxyl groups excluding tert-OH is 1. The lowest BCUT2D eigenvalue weighted by Gasteiger charge is -2.20. The average Bonchev–Trinajstić information content (AvgIpc) is 3.19. The van der Waals surface area contributed by atoms with Gasteiger partial charge in [0.05, 0.1) is 19.0 Å². The highest BCUT2D eigenvalue weighted by molar-refractivity contribution is 5.80. The maximum Gasteiger partial charge on any atom is 0.407 e. The number of hydrogen-bond donors (Lipinski definition) is 4. The summed E-state index contributed by atoms with van der Waals surface area (Å²) in [5.74, 6) is -2.04. The van der Waals surface area contributed by atoms with Crippen molar-refractivity contribution >= 4 is 18.0 Å². The Morgan fingerprint density at radius 3 is 2.03 bits per heavy atom. The van der Waals surface area contributed by atoms with Gasteiger partial charge in [-0.2, -0.15) is 0 Å². The first kappa shape index (κ1) is 24.0. The summed E-state index contributed by atoms with van der Waals surface area (Å²) in [6, 6.07) is 24.3. The number of carboxylic acid groups (broad SMARTS) is 1. The van der Waals surface area contributed by atoms with E-state index in [1.165, 1.54) is 0 Å². The van der Waals surface area contributed by atoms with Gasteiger partial charge in [0.25, 0.3) is 0 Å². The summed E-state index contributed by atoms with van der Waals surface area (Å²) in [5, 5.41) is 23.3. The second-order valence-electron chi connectivity index (χ2n) is 8.30. The molecular formula is C27H26N2O6. The van der Waals surface area contributed by atoms with Crippen LogP contribution in [0, 0.1) is 0 Å². The third-order valence-electron chi connectivity index (χ3n) is 6.00. The van der Waals surface area contributed by atoms with E-state index in [0.717, 1.165) is 22.3 Å². The molecule has 0 aliphatic heterocycles. The maximum atomic E-state index is 12.8. The van der Waals surface area contributed by atoms with Crippen LogP contribution in [0.25, 0.3) is 11.1 Å². The Morgan fingerprint density at radius 1 is 0.857 bits per heavy atom. The number of hydrogen-bond acceptors (Lipinski definition) is 5. The van der Waals surface area contributed by atoms with Crippen LogP contribution in [0.2, 0.25) is 0 Å². The van der Waals surface area contributed by atoms with Crippen molar-refractivity contribution in [2.75, 3.05) is 13.2 Å². The number of carboxylic acids is 1. The molecule has 0 saturated carbocycles. The Balaban J connectivity index is 1.41. The second kappa shape index (κ2) is 10.8. The molecule has 8 heteroatoms. The molecular weight excluding hydrogens is 448 g/mol. The SMILES string of the molecule is O=C(CC(NC(=O)OCC1c2ccccc2-c2ccccc21)c1ccccc1)NC[C@H](O)C(=O)O. The number of fused-ring (bicyclic) bond motifs is 3. The largest absolute Gasteiger partial charge is 0.479 e. The maximum absolute atomic E-state index is 12.8. The van der Waals surface area contributed by atoms with Gasteiger partial charge in [0.2, 0.25) is 5.91 Å². The number of benzene rings is 3. The van der Waals surface area contributed by atoms with E-state index < -0.39 is 36.7 Å². The van der Waals surface area contributed by atoms with E-state index in [1.54, 1.807) is 24.3 Å². The number of aliphatic hydroxyl groups is 1. The fourth-order valence-electron chi connectivity index (χ4n) is 4.28. The van der Waals surface area contributed by atoms with Crippen molar-refractivity contribution in [2.24, 2.45) is 0 Å². The number of amides is 2. The van der Waals surface area contributed by atoms with E-state index in [2.05, 4.69) is 22.8 Å². The van der Waals surface area contributed by atoms with Gasteiger partial charge in [-0.25, -0.2) is 9.59 Å². The second-order valence-corrected chi connectivity index (χ2v) is 8.30. The topological polar surface area (TPSA) is 125 Å². The molecule has 2 amide bonds. The predicted octanol–water partition coefficient (Wildman–Crippen LogP) is 3.22. The van der Waals surface area contributed by atoms with Crippen molar-refractivity contribution < 1.29 is 29.3 Å². The van der Waals surface area contributed by atoms with Gasteiger partial charge in [-0.1, -0.05) is 78.9 Å². The highest BCUT2D eigenvalue weighted by Crippen LogP contribution is 2.44. The lowest BCUT2D eigenvalue weighted by Crippen LogP contribution is -2.39. The standard InChI is InChI=1S/C27H26N2O6/c30-24(26(32)33)15-28-25(31)14-23(17-8-2-1-3-9-17)29-27(34)35-16-22-20-12-6-4-10-18(20)19-11-5-7-13-21(19)22/h1-13,22-24,30H,14-16H2,(H,28,31)(H,29,34)(H,32,33)/t23?,24-/m0/s1. The number of carbonyl (C=O) groups excluding carboxylic acids is 2. The predicted molar refractivity (Wildman–Crippen MR) is 129 cm³/mol. The molecule has 0 bridgehead atoms. The molecule has 8 nitrogen and oxygen atoms in total. The molecule has 180 valence electrons. The number of alkyl carbamates (subject to hydrolysis) is 1. The number of rotatable bonds is 9. The van der Waals surface area contributed by atoms with Crippen molar-refractivity contribution in [1.82, 2.24) is 10.6 Å². The van der Waals surface area contributed by atoms with E-state index in [-0.39, 0.29) is 18.9 Å². The molecule has 3 aromatic rings. The van der Waals surface area contributed by atoms with Gasteiger partial charge in [-0.3, -0.25) is 4.79 Å². The quantitative estimate of drug-likeness (QED) is 0.377. The molecule has 0 spiro atoms. The zero-order chi connectivity index (χ0) is 24.8. The summed E-state index contributed by atoms with van der Waals surface area (Å²) < 4.78 is 5.60. The Hall–Kier alpha value is -4.17. The number of nitrogens with one attached hydrogen (secondary N) is 2. The van der Waals surface area contributed by atoms with Crippen molar-refractivity contribution in [1.29, 1.82) is 0 Å².